The minimum absolute atomic E-state index is 0.292. The van der Waals surface area contributed by atoms with Gasteiger partial charge in [-0.25, -0.2) is 4.98 Å². The fourth-order valence-corrected chi connectivity index (χ4v) is 1.19. The Labute approximate surface area is 72.0 Å². The average Bonchev–Trinajstić information content (AvgIpc) is 2.31. The summed E-state index contributed by atoms with van der Waals surface area (Å²) < 4.78 is 5.06. The predicted molar refractivity (Wildman–Crippen MR) is 44.2 cm³/mol. The number of hydrogen-bond acceptors (Lipinski definition) is 3. The average molecular weight is 187 g/mol. The zero-order valence-electron chi connectivity index (χ0n) is 5.30. The molecule has 0 aliphatic rings. The van der Waals surface area contributed by atoms with E-state index in [0.29, 0.717) is 21.1 Å². The molecule has 3 nitrogen and oxygen atoms in total. The molecular weight excluding hydrogens is 184 g/mol. The molecule has 0 unspecified atom stereocenters. The predicted octanol–water partition coefficient (Wildman–Crippen LogP) is 2.54. The Kier molecular flexibility index (Phi) is 1.44. The van der Waals surface area contributed by atoms with Gasteiger partial charge in [0.25, 0.3) is 4.84 Å². The fraction of sp³-hybridized carbons (Fsp3) is 0. The Morgan fingerprint density at radius 1 is 1.64 bits per heavy atom. The Balaban J connectivity index is 3.01. The zero-order chi connectivity index (χ0) is 7.84. The number of pyridine rings is 1. The third-order valence-electron chi connectivity index (χ3n) is 1.27. The van der Waals surface area contributed by atoms with Crippen LogP contribution < -0.4 is 0 Å². The topological polar surface area (TPSA) is 41.8 Å². The summed E-state index contributed by atoms with van der Waals surface area (Å²) in [6.07, 6.45) is 1.59. The van der Waals surface area contributed by atoms with Crippen LogP contribution in [0.2, 0.25) is 5.02 Å². The molecule has 0 saturated carbocycles. The van der Waals surface area contributed by atoms with Gasteiger partial charge in [0.05, 0.1) is 5.02 Å². The summed E-state index contributed by atoms with van der Waals surface area (Å²) >= 11 is 10.5. The molecule has 0 atom stereocenters. The fourth-order valence-electron chi connectivity index (χ4n) is 0.826. The third-order valence-corrected chi connectivity index (χ3v) is 1.75. The highest BCUT2D eigenvalue weighted by Gasteiger charge is 2.02. The van der Waals surface area contributed by atoms with Crippen LogP contribution in [-0.4, -0.2) is 9.97 Å². The number of hydrogen-bond donors (Lipinski definition) is 1. The molecule has 2 heterocycles. The monoisotopic (exact) mass is 186 g/mol. The molecule has 0 aromatic carbocycles. The number of oxazole rings is 1. The lowest BCUT2D eigenvalue weighted by molar-refractivity contribution is 0.583. The Morgan fingerprint density at radius 3 is 3.18 bits per heavy atom. The summed E-state index contributed by atoms with van der Waals surface area (Å²) in [7, 11) is 0. The summed E-state index contributed by atoms with van der Waals surface area (Å²) in [5, 5.41) is 0.516. The van der Waals surface area contributed by atoms with Crippen LogP contribution in [0, 0.1) is 4.84 Å². The number of H-pyrrole nitrogens is 1. The molecule has 0 radical (unpaired) electrons. The van der Waals surface area contributed by atoms with Crippen molar-refractivity contribution in [2.24, 2.45) is 0 Å². The molecule has 0 aliphatic heterocycles. The first-order valence-corrected chi connectivity index (χ1v) is 3.69. The van der Waals surface area contributed by atoms with Gasteiger partial charge in [-0.2, -0.15) is 0 Å². The van der Waals surface area contributed by atoms with Crippen molar-refractivity contribution in [1.82, 2.24) is 9.97 Å². The molecule has 2 rings (SSSR count). The van der Waals surface area contributed by atoms with E-state index in [0.717, 1.165) is 0 Å². The zero-order valence-corrected chi connectivity index (χ0v) is 6.87. The van der Waals surface area contributed by atoms with Crippen molar-refractivity contribution in [1.29, 1.82) is 0 Å². The van der Waals surface area contributed by atoms with Gasteiger partial charge in [-0.1, -0.05) is 11.6 Å². The van der Waals surface area contributed by atoms with Gasteiger partial charge in [-0.05, 0) is 18.3 Å². The molecule has 2 aromatic heterocycles. The highest BCUT2D eigenvalue weighted by atomic mass is 35.5. The number of nitrogens with one attached hydrogen (secondary N) is 1. The van der Waals surface area contributed by atoms with Crippen molar-refractivity contribution in [2.45, 2.75) is 0 Å². The summed E-state index contributed by atoms with van der Waals surface area (Å²) in [4.78, 5) is 7.01. The maximum atomic E-state index is 5.77. The van der Waals surface area contributed by atoms with Crippen LogP contribution in [0.15, 0.2) is 16.7 Å². The van der Waals surface area contributed by atoms with Gasteiger partial charge in [0, 0.05) is 6.20 Å². The van der Waals surface area contributed by atoms with E-state index in [-0.39, 0.29) is 0 Å². The summed E-state index contributed by atoms with van der Waals surface area (Å²) in [5.74, 6) is 0. The molecule has 2 aromatic rings. The standard InChI is InChI=1S/C6H3ClN2OS/c7-3-1-2-8-5-4(3)10-6(11)9-5/h1-2H,(H,8,9,11). The Hall–Kier alpha value is -0.870. The SMILES string of the molecule is S=c1[nH]c2nccc(Cl)c2o1. The normalized spacial score (nSPS) is 10.6. The largest absolute Gasteiger partial charge is 0.426 e. The van der Waals surface area contributed by atoms with Crippen molar-refractivity contribution in [3.8, 4) is 0 Å². The van der Waals surface area contributed by atoms with Gasteiger partial charge < -0.3 is 4.42 Å². The molecular formula is C6H3ClN2OS. The van der Waals surface area contributed by atoms with E-state index < -0.39 is 0 Å². The Morgan fingerprint density at radius 2 is 2.45 bits per heavy atom. The van der Waals surface area contributed by atoms with E-state index in [1.165, 1.54) is 0 Å². The second-order valence-corrected chi connectivity index (χ2v) is 2.76. The van der Waals surface area contributed by atoms with Crippen LogP contribution in [0.5, 0.6) is 0 Å². The number of nitrogens with zero attached hydrogens (tertiary/aromatic N) is 1. The van der Waals surface area contributed by atoms with E-state index >= 15 is 0 Å². The smallest absolute Gasteiger partial charge is 0.268 e. The molecule has 56 valence electrons. The van der Waals surface area contributed by atoms with E-state index in [9.17, 15) is 0 Å². The number of aromatic nitrogens is 2. The summed E-state index contributed by atoms with van der Waals surface area (Å²) in [6.45, 7) is 0. The van der Waals surface area contributed by atoms with Crippen LogP contribution >= 0.6 is 23.8 Å². The first-order chi connectivity index (χ1) is 5.27. The minimum Gasteiger partial charge on any atom is -0.426 e. The van der Waals surface area contributed by atoms with Crippen LogP contribution in [0.1, 0.15) is 0 Å². The van der Waals surface area contributed by atoms with Gasteiger partial charge in [-0.15, -0.1) is 0 Å². The van der Waals surface area contributed by atoms with E-state index in [1.54, 1.807) is 12.3 Å². The van der Waals surface area contributed by atoms with Crippen LogP contribution in [-0.2, 0) is 0 Å². The van der Waals surface area contributed by atoms with Crippen molar-refractivity contribution in [3.05, 3.63) is 22.1 Å². The van der Waals surface area contributed by atoms with Gasteiger partial charge in [0.15, 0.2) is 11.2 Å². The third kappa shape index (κ3) is 1.04. The maximum Gasteiger partial charge on any atom is 0.268 e. The Bertz CT molecular complexity index is 447. The van der Waals surface area contributed by atoms with Gasteiger partial charge >= 0.3 is 0 Å². The molecule has 1 N–H and O–H groups in total. The van der Waals surface area contributed by atoms with E-state index in [2.05, 4.69) is 9.97 Å². The number of aromatic amines is 1. The quantitative estimate of drug-likeness (QED) is 0.643. The molecule has 0 amide bonds. The minimum atomic E-state index is 0.292. The lowest BCUT2D eigenvalue weighted by Crippen LogP contribution is -1.73. The first-order valence-electron chi connectivity index (χ1n) is 2.91. The highest BCUT2D eigenvalue weighted by molar-refractivity contribution is 7.71. The maximum absolute atomic E-state index is 5.77. The molecule has 5 heteroatoms. The van der Waals surface area contributed by atoms with Crippen molar-refractivity contribution >= 4 is 35.0 Å². The highest BCUT2D eigenvalue weighted by Crippen LogP contribution is 2.20. The molecule has 11 heavy (non-hydrogen) atoms. The second-order valence-electron chi connectivity index (χ2n) is 1.99. The van der Waals surface area contributed by atoms with Crippen LogP contribution in [0.4, 0.5) is 0 Å². The number of halogens is 1. The van der Waals surface area contributed by atoms with Crippen molar-refractivity contribution in [3.63, 3.8) is 0 Å². The first kappa shape index (κ1) is 6.82. The van der Waals surface area contributed by atoms with Crippen molar-refractivity contribution < 1.29 is 4.42 Å². The molecule has 0 bridgehead atoms. The van der Waals surface area contributed by atoms with Crippen LogP contribution in [0.3, 0.4) is 0 Å². The summed E-state index contributed by atoms with van der Waals surface area (Å²) in [5.41, 5.74) is 1.10. The molecule has 0 aliphatic carbocycles. The lowest BCUT2D eigenvalue weighted by atomic mass is 10.5. The van der Waals surface area contributed by atoms with Gasteiger partial charge in [0.1, 0.15) is 0 Å². The molecule has 0 fully saturated rings. The van der Waals surface area contributed by atoms with Gasteiger partial charge in [-0.3, -0.25) is 4.98 Å². The molecule has 0 saturated heterocycles. The number of rotatable bonds is 0. The summed E-state index contributed by atoms with van der Waals surface area (Å²) in [6, 6.07) is 1.65. The van der Waals surface area contributed by atoms with E-state index in [4.69, 9.17) is 28.2 Å². The number of fused-ring (bicyclic) bond motifs is 1. The van der Waals surface area contributed by atoms with Crippen LogP contribution in [0.25, 0.3) is 11.2 Å². The lowest BCUT2D eigenvalue weighted by Gasteiger charge is -1.86. The van der Waals surface area contributed by atoms with E-state index in [1.807, 2.05) is 0 Å². The van der Waals surface area contributed by atoms with Crippen molar-refractivity contribution in [2.75, 3.05) is 0 Å². The van der Waals surface area contributed by atoms with Gasteiger partial charge in [0.2, 0.25) is 0 Å². The molecule has 0 spiro atoms. The second kappa shape index (κ2) is 2.32.